The second-order valence-corrected chi connectivity index (χ2v) is 5.91. The van der Waals surface area contributed by atoms with Crippen molar-refractivity contribution in [3.05, 3.63) is 102 Å². The van der Waals surface area contributed by atoms with Crippen LogP contribution in [0.4, 0.5) is 10.5 Å². The summed E-state index contributed by atoms with van der Waals surface area (Å²) in [5.41, 5.74) is 2.91. The molecule has 1 amide bonds. The van der Waals surface area contributed by atoms with Crippen LogP contribution in [0.3, 0.4) is 0 Å². The number of benzene rings is 3. The first-order valence-electron chi connectivity index (χ1n) is 8.24. The number of amides is 1. The molecule has 0 unspecified atom stereocenters. The molecule has 1 aliphatic heterocycles. The Labute approximate surface area is 146 Å². The number of hydrogen-bond donors (Lipinski definition) is 0. The van der Waals surface area contributed by atoms with Gasteiger partial charge in [0.2, 0.25) is 0 Å². The fourth-order valence-electron chi connectivity index (χ4n) is 3.08. The molecule has 1 heterocycles. The zero-order chi connectivity index (χ0) is 17.1. The molecular formula is C21H18N2O2. The molecule has 1 atom stereocenters. The van der Waals surface area contributed by atoms with E-state index in [4.69, 9.17) is 4.84 Å². The summed E-state index contributed by atoms with van der Waals surface area (Å²) < 4.78 is 0. The van der Waals surface area contributed by atoms with Crippen molar-refractivity contribution >= 4 is 11.8 Å². The van der Waals surface area contributed by atoms with Gasteiger partial charge in [0.15, 0.2) is 6.17 Å². The molecule has 1 aliphatic rings. The molecule has 1 saturated heterocycles. The Morgan fingerprint density at radius 2 is 1.32 bits per heavy atom. The number of carbonyl (C=O) groups is 1. The van der Waals surface area contributed by atoms with Crippen molar-refractivity contribution in [3.63, 3.8) is 0 Å². The van der Waals surface area contributed by atoms with Crippen LogP contribution in [0.5, 0.6) is 0 Å². The number of hydroxylamine groups is 2. The molecule has 0 N–H and O–H groups in total. The van der Waals surface area contributed by atoms with Crippen LogP contribution >= 0.6 is 0 Å². The second kappa shape index (κ2) is 6.79. The lowest BCUT2D eigenvalue weighted by Crippen LogP contribution is -2.31. The van der Waals surface area contributed by atoms with E-state index in [0.29, 0.717) is 6.54 Å². The Morgan fingerprint density at radius 3 is 1.96 bits per heavy atom. The van der Waals surface area contributed by atoms with Crippen molar-refractivity contribution in [2.24, 2.45) is 0 Å². The number of nitrogens with zero attached hydrogens (tertiary/aromatic N) is 2. The van der Waals surface area contributed by atoms with Gasteiger partial charge in [0.25, 0.3) is 0 Å². The van der Waals surface area contributed by atoms with Crippen molar-refractivity contribution < 1.29 is 9.63 Å². The average Bonchev–Trinajstić information content (AvgIpc) is 2.99. The first-order valence-corrected chi connectivity index (χ1v) is 8.24. The van der Waals surface area contributed by atoms with Gasteiger partial charge in [-0.25, -0.2) is 4.79 Å². The largest absolute Gasteiger partial charge is 0.435 e. The van der Waals surface area contributed by atoms with Gasteiger partial charge in [-0.3, -0.25) is 4.90 Å². The van der Waals surface area contributed by atoms with Crippen LogP contribution in [0.15, 0.2) is 91.0 Å². The zero-order valence-corrected chi connectivity index (χ0v) is 13.7. The summed E-state index contributed by atoms with van der Waals surface area (Å²) in [6.45, 7) is 0.523. The summed E-state index contributed by atoms with van der Waals surface area (Å²) >= 11 is 0. The minimum Gasteiger partial charge on any atom is -0.348 e. The molecule has 3 aromatic carbocycles. The third-order valence-electron chi connectivity index (χ3n) is 4.22. The van der Waals surface area contributed by atoms with Gasteiger partial charge in [-0.1, -0.05) is 78.9 Å². The number of anilines is 1. The Bertz CT molecular complexity index is 838. The Morgan fingerprint density at radius 1 is 0.760 bits per heavy atom. The molecule has 0 aromatic heterocycles. The van der Waals surface area contributed by atoms with E-state index in [1.807, 2.05) is 91.0 Å². The summed E-state index contributed by atoms with van der Waals surface area (Å²) in [5, 5.41) is 1.74. The highest BCUT2D eigenvalue weighted by atomic mass is 16.7. The molecule has 3 aromatic rings. The summed E-state index contributed by atoms with van der Waals surface area (Å²) in [6, 6.07) is 29.6. The van der Waals surface area contributed by atoms with Gasteiger partial charge in [0.05, 0.1) is 6.54 Å². The van der Waals surface area contributed by atoms with E-state index >= 15 is 0 Å². The highest BCUT2D eigenvalue weighted by Crippen LogP contribution is 2.37. The van der Waals surface area contributed by atoms with Gasteiger partial charge < -0.3 is 4.84 Å². The van der Waals surface area contributed by atoms with E-state index in [-0.39, 0.29) is 12.3 Å². The van der Waals surface area contributed by atoms with E-state index in [1.165, 1.54) is 0 Å². The summed E-state index contributed by atoms with van der Waals surface area (Å²) in [6.07, 6.45) is -0.674. The van der Waals surface area contributed by atoms with Gasteiger partial charge in [-0.05, 0) is 23.3 Å². The fourth-order valence-corrected chi connectivity index (χ4v) is 3.08. The molecule has 0 saturated carbocycles. The SMILES string of the molecule is O=C1ON(Cc2ccccc2)[C@@H](c2ccccc2)N1c1ccccc1. The minimum atomic E-state index is -0.365. The Kier molecular flexibility index (Phi) is 4.19. The van der Waals surface area contributed by atoms with Gasteiger partial charge >= 0.3 is 6.09 Å². The molecule has 0 spiro atoms. The van der Waals surface area contributed by atoms with Crippen molar-refractivity contribution in [3.8, 4) is 0 Å². The number of hydrogen-bond acceptors (Lipinski definition) is 3. The molecule has 0 aliphatic carbocycles. The monoisotopic (exact) mass is 330 g/mol. The van der Waals surface area contributed by atoms with Crippen LogP contribution < -0.4 is 4.90 Å². The van der Waals surface area contributed by atoms with E-state index in [1.54, 1.807) is 9.96 Å². The first kappa shape index (κ1) is 15.4. The lowest BCUT2D eigenvalue weighted by Gasteiger charge is -2.26. The van der Waals surface area contributed by atoms with Crippen LogP contribution in [0.25, 0.3) is 0 Å². The third kappa shape index (κ3) is 3.12. The van der Waals surface area contributed by atoms with Gasteiger partial charge in [-0.15, -0.1) is 5.06 Å². The first-order chi connectivity index (χ1) is 12.3. The van der Waals surface area contributed by atoms with E-state index in [2.05, 4.69) is 0 Å². The molecular weight excluding hydrogens is 312 g/mol. The Balaban J connectivity index is 1.73. The fraction of sp³-hybridized carbons (Fsp3) is 0.0952. The maximum absolute atomic E-state index is 12.6. The topological polar surface area (TPSA) is 32.8 Å². The maximum atomic E-state index is 12.6. The number of carbonyl (C=O) groups excluding carboxylic acids is 1. The van der Waals surface area contributed by atoms with Crippen LogP contribution in [-0.4, -0.2) is 11.2 Å². The van der Waals surface area contributed by atoms with Gasteiger partial charge in [0, 0.05) is 5.69 Å². The van der Waals surface area contributed by atoms with Crippen LogP contribution in [-0.2, 0) is 11.4 Å². The Hall–Kier alpha value is -3.11. The van der Waals surface area contributed by atoms with Crippen molar-refractivity contribution in [2.45, 2.75) is 12.7 Å². The van der Waals surface area contributed by atoms with Crippen LogP contribution in [0.1, 0.15) is 17.3 Å². The number of para-hydroxylation sites is 1. The molecule has 4 nitrogen and oxygen atoms in total. The summed E-state index contributed by atoms with van der Waals surface area (Å²) in [5.74, 6) is 0. The summed E-state index contributed by atoms with van der Waals surface area (Å²) in [4.78, 5) is 19.9. The predicted molar refractivity (Wildman–Crippen MR) is 96.6 cm³/mol. The standard InChI is InChI=1S/C21H18N2O2/c24-21-23(19-14-8-3-9-15-19)20(18-12-6-2-7-13-18)22(25-21)16-17-10-4-1-5-11-17/h1-15,20H,16H2/t20-/m1/s1. The quantitative estimate of drug-likeness (QED) is 0.691. The summed E-state index contributed by atoms with van der Waals surface area (Å²) in [7, 11) is 0. The van der Waals surface area contributed by atoms with Crippen LogP contribution in [0, 0.1) is 0 Å². The van der Waals surface area contributed by atoms with Crippen molar-refractivity contribution in [2.75, 3.05) is 4.90 Å². The predicted octanol–water partition coefficient (Wildman–Crippen LogP) is 4.76. The maximum Gasteiger partial charge on any atom is 0.435 e. The van der Waals surface area contributed by atoms with Gasteiger partial charge in [0.1, 0.15) is 0 Å². The minimum absolute atomic E-state index is 0.309. The molecule has 4 rings (SSSR count). The molecule has 0 bridgehead atoms. The lowest BCUT2D eigenvalue weighted by atomic mass is 10.1. The highest BCUT2D eigenvalue weighted by molar-refractivity contribution is 5.89. The molecule has 4 heteroatoms. The molecule has 25 heavy (non-hydrogen) atoms. The van der Waals surface area contributed by atoms with E-state index in [9.17, 15) is 4.79 Å². The number of rotatable bonds is 4. The normalized spacial score (nSPS) is 17.5. The van der Waals surface area contributed by atoms with E-state index < -0.39 is 0 Å². The average molecular weight is 330 g/mol. The smallest absolute Gasteiger partial charge is 0.348 e. The lowest BCUT2D eigenvalue weighted by molar-refractivity contribution is -0.0989. The second-order valence-electron chi connectivity index (χ2n) is 5.91. The molecule has 0 radical (unpaired) electrons. The highest BCUT2D eigenvalue weighted by Gasteiger charge is 2.42. The molecule has 1 fully saturated rings. The molecule has 124 valence electrons. The van der Waals surface area contributed by atoms with Crippen molar-refractivity contribution in [1.82, 2.24) is 5.06 Å². The zero-order valence-electron chi connectivity index (χ0n) is 13.7. The third-order valence-corrected chi connectivity index (χ3v) is 4.22. The van der Waals surface area contributed by atoms with E-state index in [0.717, 1.165) is 16.8 Å². The van der Waals surface area contributed by atoms with Gasteiger partial charge in [-0.2, -0.15) is 0 Å². The van der Waals surface area contributed by atoms with Crippen molar-refractivity contribution in [1.29, 1.82) is 0 Å². The van der Waals surface area contributed by atoms with Crippen LogP contribution in [0.2, 0.25) is 0 Å².